The summed E-state index contributed by atoms with van der Waals surface area (Å²) in [7, 11) is 0. The third-order valence-electron chi connectivity index (χ3n) is 20.8. The molecule has 7 aromatic heterocycles. The maximum atomic E-state index is 5.50. The van der Waals surface area contributed by atoms with Crippen LogP contribution in [0.1, 0.15) is 0 Å². The largest absolute Gasteiger partial charge is 0.309 e. The lowest BCUT2D eigenvalue weighted by molar-refractivity contribution is 1.07. The molecule has 0 spiro atoms. The Bertz CT molecular complexity index is 6500. The van der Waals surface area contributed by atoms with E-state index >= 15 is 0 Å². The van der Waals surface area contributed by atoms with Gasteiger partial charge in [0.1, 0.15) is 0 Å². The summed E-state index contributed by atoms with van der Waals surface area (Å²) in [5, 5.41) is 14.9. The lowest BCUT2D eigenvalue weighted by Crippen LogP contribution is -2.03. The van der Waals surface area contributed by atoms with Crippen molar-refractivity contribution >= 4 is 170 Å². The molecule has 9 heteroatoms. The fourth-order valence-electron chi connectivity index (χ4n) is 16.3. The fourth-order valence-corrected chi connectivity index (χ4v) is 20.8. The molecule has 7 heterocycles. The van der Waals surface area contributed by atoms with E-state index in [2.05, 4.69) is 319 Å². The number of hydrogen-bond acceptors (Lipinski definition) is 7. The summed E-state index contributed by atoms with van der Waals surface area (Å²) >= 11 is 7.45. The minimum Gasteiger partial charge on any atom is -0.309 e. The van der Waals surface area contributed by atoms with Gasteiger partial charge < -0.3 is 9.13 Å². The first-order valence-electron chi connectivity index (χ1n) is 34.4. The SMILES string of the molecule is c1ccc(-c2nc(-c3ccccc3)nc(-c3cc(-n4c5ccc(-c6cccc7sc8ccccc8c67)cc5c5cc(-c6cccc7sc8ccccc8c67)ccc54)cc(-n4c5ccc(-c6cccc7sc8ccccc8c67)cc5c5cc(-c6cccc7sc8ccccc8c67)ccc54)c3)n2)cc1. The van der Waals surface area contributed by atoms with Crippen molar-refractivity contribution in [3.05, 3.63) is 322 Å². The average molecular weight is 1370 g/mol. The van der Waals surface area contributed by atoms with Gasteiger partial charge in [0, 0.05) is 130 Å². The molecular weight excluding hydrogens is 1320 g/mol. The van der Waals surface area contributed by atoms with Gasteiger partial charge in [-0.25, -0.2) is 15.0 Å². The van der Waals surface area contributed by atoms with Crippen LogP contribution < -0.4 is 0 Å². The van der Waals surface area contributed by atoms with Gasteiger partial charge in [-0.05, 0) is 160 Å². The summed E-state index contributed by atoms with van der Waals surface area (Å²) in [5.41, 5.74) is 18.5. The summed E-state index contributed by atoms with van der Waals surface area (Å²) in [5.74, 6) is 1.77. The Morgan fingerprint density at radius 1 is 0.186 bits per heavy atom. The van der Waals surface area contributed by atoms with E-state index in [0.29, 0.717) is 17.5 Å². The first kappa shape index (κ1) is 57.7. The van der Waals surface area contributed by atoms with Crippen molar-refractivity contribution in [2.75, 3.05) is 0 Å². The highest BCUT2D eigenvalue weighted by Crippen LogP contribution is 2.49. The molecule has 0 aliphatic heterocycles. The molecule has 474 valence electrons. The Morgan fingerprint density at radius 2 is 0.451 bits per heavy atom. The summed E-state index contributed by atoms with van der Waals surface area (Å²) in [4.78, 5) is 16.2. The van der Waals surface area contributed by atoms with Crippen LogP contribution in [0.15, 0.2) is 322 Å². The van der Waals surface area contributed by atoms with Crippen molar-refractivity contribution in [2.45, 2.75) is 0 Å². The van der Waals surface area contributed by atoms with Crippen LogP contribution in [0.3, 0.4) is 0 Å². The van der Waals surface area contributed by atoms with Crippen LogP contribution in [0.2, 0.25) is 0 Å². The second kappa shape index (κ2) is 22.7. The van der Waals surface area contributed by atoms with Crippen molar-refractivity contribution in [3.8, 4) is 90.0 Å². The van der Waals surface area contributed by atoms with Crippen molar-refractivity contribution in [3.63, 3.8) is 0 Å². The van der Waals surface area contributed by atoms with Gasteiger partial charge >= 0.3 is 0 Å². The molecule has 5 nitrogen and oxygen atoms in total. The Morgan fingerprint density at radius 3 is 0.755 bits per heavy atom. The molecule has 102 heavy (non-hydrogen) atoms. The van der Waals surface area contributed by atoms with Crippen LogP contribution in [0.25, 0.3) is 214 Å². The summed E-state index contributed by atoms with van der Waals surface area (Å²) < 4.78 is 15.3. The second-order valence-electron chi connectivity index (χ2n) is 26.5. The van der Waals surface area contributed by atoms with Gasteiger partial charge in [-0.3, -0.25) is 0 Å². The van der Waals surface area contributed by atoms with Crippen LogP contribution >= 0.6 is 45.3 Å². The van der Waals surface area contributed by atoms with E-state index in [9.17, 15) is 0 Å². The number of benzene rings is 15. The van der Waals surface area contributed by atoms with Crippen LogP contribution in [0, 0.1) is 0 Å². The van der Waals surface area contributed by atoms with Gasteiger partial charge in [-0.1, -0.05) is 206 Å². The summed E-state index contributed by atoms with van der Waals surface area (Å²) in [6.07, 6.45) is 0. The number of thiophene rings is 4. The van der Waals surface area contributed by atoms with Gasteiger partial charge in [0.25, 0.3) is 0 Å². The lowest BCUT2D eigenvalue weighted by atomic mass is 9.96. The van der Waals surface area contributed by atoms with E-state index in [4.69, 9.17) is 15.0 Å². The van der Waals surface area contributed by atoms with Gasteiger partial charge in [-0.15, -0.1) is 45.3 Å². The lowest BCUT2D eigenvalue weighted by Gasteiger charge is -2.16. The number of aromatic nitrogens is 5. The van der Waals surface area contributed by atoms with Crippen molar-refractivity contribution in [1.82, 2.24) is 24.1 Å². The Labute approximate surface area is 600 Å². The monoisotopic (exact) mass is 1370 g/mol. The molecule has 0 fully saturated rings. The molecule has 0 N–H and O–H groups in total. The highest BCUT2D eigenvalue weighted by molar-refractivity contribution is 7.27. The zero-order chi connectivity index (χ0) is 66.7. The predicted octanol–water partition coefficient (Wildman–Crippen LogP) is 27.2. The van der Waals surface area contributed by atoms with Crippen LogP contribution in [0.5, 0.6) is 0 Å². The predicted molar refractivity (Wildman–Crippen MR) is 438 cm³/mol. The van der Waals surface area contributed by atoms with E-state index < -0.39 is 0 Å². The Balaban J connectivity index is 0.836. The van der Waals surface area contributed by atoms with Crippen molar-refractivity contribution in [1.29, 1.82) is 0 Å². The van der Waals surface area contributed by atoms with Gasteiger partial charge in [0.2, 0.25) is 0 Å². The Hall–Kier alpha value is -12.2. The van der Waals surface area contributed by atoms with E-state index in [1.807, 2.05) is 57.5 Å². The smallest absolute Gasteiger partial charge is 0.164 e. The molecule has 0 bridgehead atoms. The summed E-state index contributed by atoms with van der Waals surface area (Å²) in [6, 6.07) is 119. The fraction of sp³-hybridized carbons (Fsp3) is 0. The number of fused-ring (bicyclic) bond motifs is 18. The second-order valence-corrected chi connectivity index (χ2v) is 30.8. The molecule has 0 amide bonds. The molecule has 0 radical (unpaired) electrons. The van der Waals surface area contributed by atoms with Crippen molar-refractivity contribution in [2.24, 2.45) is 0 Å². The maximum absolute atomic E-state index is 5.50. The van der Waals surface area contributed by atoms with Crippen LogP contribution in [0.4, 0.5) is 0 Å². The molecule has 0 aliphatic carbocycles. The first-order valence-corrected chi connectivity index (χ1v) is 37.6. The molecule has 0 atom stereocenters. The Kier molecular flexibility index (Phi) is 12.8. The zero-order valence-corrected chi connectivity index (χ0v) is 57.7. The molecule has 15 aromatic carbocycles. The summed E-state index contributed by atoms with van der Waals surface area (Å²) in [6.45, 7) is 0. The minimum atomic E-state index is 0.570. The van der Waals surface area contributed by atoms with E-state index in [1.165, 1.54) is 125 Å². The third-order valence-corrected chi connectivity index (χ3v) is 25.3. The zero-order valence-electron chi connectivity index (χ0n) is 54.5. The molecule has 0 saturated heterocycles. The highest BCUT2D eigenvalue weighted by Gasteiger charge is 2.25. The molecule has 22 aromatic rings. The number of hydrogen-bond donors (Lipinski definition) is 0. The highest BCUT2D eigenvalue weighted by atomic mass is 32.1. The van der Waals surface area contributed by atoms with Crippen molar-refractivity contribution < 1.29 is 0 Å². The standard InChI is InChI=1S/C93H53N5S4/c1-3-19-54(20-4-1)91-94-92(55-21-5-2-6-22-55)96-93(95-91)60-47-61(97-75-43-39-56(63-27-15-35-83-87(63)67-23-7-11-31-79(67)99-83)49-71(75)72-50-57(40-44-76(72)97)64-28-16-36-84-88(64)68-24-8-12-32-80(68)100-84)53-62(48-60)98-77-45-41-58(65-29-17-37-85-89(65)69-25-9-13-33-81(69)101-85)51-73(77)74-52-59(42-46-78(74)98)66-30-18-38-86-90(66)70-26-10-14-34-82(70)102-86/h1-53H. The van der Waals surface area contributed by atoms with E-state index in [0.717, 1.165) is 71.7 Å². The molecule has 0 saturated carbocycles. The topological polar surface area (TPSA) is 48.5 Å². The number of nitrogens with zero attached hydrogens (tertiary/aromatic N) is 5. The van der Waals surface area contributed by atoms with Gasteiger partial charge in [-0.2, -0.15) is 0 Å². The molecule has 0 aliphatic rings. The van der Waals surface area contributed by atoms with Crippen LogP contribution in [-0.4, -0.2) is 24.1 Å². The van der Waals surface area contributed by atoms with E-state index in [1.54, 1.807) is 0 Å². The maximum Gasteiger partial charge on any atom is 0.164 e. The van der Waals surface area contributed by atoms with Gasteiger partial charge in [0.15, 0.2) is 17.5 Å². The third kappa shape index (κ3) is 8.95. The molecular formula is C93H53N5S4. The first-order chi connectivity index (χ1) is 50.5. The molecule has 0 unspecified atom stereocenters. The van der Waals surface area contributed by atoms with Gasteiger partial charge in [0.05, 0.1) is 22.1 Å². The number of rotatable bonds is 9. The molecule has 22 rings (SSSR count). The minimum absolute atomic E-state index is 0.570. The van der Waals surface area contributed by atoms with Crippen LogP contribution in [-0.2, 0) is 0 Å². The normalized spacial score (nSPS) is 12.1. The van der Waals surface area contributed by atoms with E-state index in [-0.39, 0.29) is 0 Å². The quantitative estimate of drug-likeness (QED) is 0.145. The average Bonchev–Trinajstić information content (AvgIpc) is 1.56.